The minimum atomic E-state index is 0.535. The Bertz CT molecular complexity index is 523. The lowest BCUT2D eigenvalue weighted by atomic mass is 10.0. The molecule has 0 spiro atoms. The summed E-state index contributed by atoms with van der Waals surface area (Å²) in [6.07, 6.45) is 5.88. The normalized spacial score (nSPS) is 11.9. The van der Waals surface area contributed by atoms with Gasteiger partial charge >= 0.3 is 0 Å². The van der Waals surface area contributed by atoms with Crippen LogP contribution in [0.5, 0.6) is 0 Å². The van der Waals surface area contributed by atoms with Crippen LogP contribution in [0.2, 0.25) is 0 Å². The van der Waals surface area contributed by atoms with Crippen molar-refractivity contribution in [3.05, 3.63) is 30.1 Å². The molecule has 0 unspecified atom stereocenters. The van der Waals surface area contributed by atoms with Gasteiger partial charge in [-0.2, -0.15) is 0 Å². The van der Waals surface area contributed by atoms with Gasteiger partial charge in [0.2, 0.25) is 0 Å². The minimum absolute atomic E-state index is 0.535. The third kappa shape index (κ3) is 3.37. The van der Waals surface area contributed by atoms with Crippen LogP contribution in [0.4, 0.5) is 0 Å². The smallest absolute Gasteiger partial charge is 0.0958 e. The summed E-state index contributed by atoms with van der Waals surface area (Å²) in [4.78, 5) is 4.62. The molecule has 0 saturated heterocycles. The van der Waals surface area contributed by atoms with Crippen LogP contribution in [-0.2, 0) is 6.54 Å². The van der Waals surface area contributed by atoms with Gasteiger partial charge in [-0.05, 0) is 29.9 Å². The Morgan fingerprint density at radius 1 is 1.11 bits per heavy atom. The Kier molecular flexibility index (Phi) is 4.62. The third-order valence-corrected chi connectivity index (χ3v) is 3.73. The van der Waals surface area contributed by atoms with E-state index < -0.39 is 0 Å². The molecule has 0 N–H and O–H groups in total. The number of aromatic nitrogens is 2. The fraction of sp³-hybridized carbons (Fsp3) is 0.588. The number of hydrogen-bond donors (Lipinski definition) is 0. The van der Waals surface area contributed by atoms with E-state index in [1.807, 2.05) is 6.33 Å². The molecule has 0 atom stereocenters. The number of unbranched alkanes of at least 4 members (excludes halogenated alkanes) is 1. The summed E-state index contributed by atoms with van der Waals surface area (Å²) in [6.45, 7) is 10.1. The number of aryl methyl sites for hydroxylation is 1. The zero-order valence-corrected chi connectivity index (χ0v) is 12.7. The van der Waals surface area contributed by atoms with Crippen LogP contribution in [0.1, 0.15) is 58.4 Å². The maximum atomic E-state index is 4.62. The van der Waals surface area contributed by atoms with Crippen molar-refractivity contribution in [1.82, 2.24) is 9.55 Å². The molecule has 0 radical (unpaired) electrons. The molecule has 0 fully saturated rings. The number of hydrogen-bond acceptors (Lipinski definition) is 1. The van der Waals surface area contributed by atoms with Crippen LogP contribution in [0, 0.1) is 5.92 Å². The molecule has 0 amide bonds. The summed E-state index contributed by atoms with van der Waals surface area (Å²) >= 11 is 0. The summed E-state index contributed by atoms with van der Waals surface area (Å²) < 4.78 is 2.31. The Morgan fingerprint density at radius 3 is 2.58 bits per heavy atom. The standard InChI is InChI=1S/C17H26N2/c1-13(2)8-5-6-11-19-12-18-17-15(14(3)4)9-7-10-16(17)19/h7,9-10,12-14H,5-6,8,11H2,1-4H3. The van der Waals surface area contributed by atoms with E-state index >= 15 is 0 Å². The van der Waals surface area contributed by atoms with E-state index in [9.17, 15) is 0 Å². The van der Waals surface area contributed by atoms with Crippen molar-refractivity contribution in [2.75, 3.05) is 0 Å². The SMILES string of the molecule is CC(C)CCCCn1cnc2c(C(C)C)cccc21. The van der Waals surface area contributed by atoms with Crippen LogP contribution in [0.3, 0.4) is 0 Å². The lowest BCUT2D eigenvalue weighted by molar-refractivity contribution is 0.512. The molecule has 2 aromatic rings. The van der Waals surface area contributed by atoms with Gasteiger partial charge in [0.25, 0.3) is 0 Å². The van der Waals surface area contributed by atoms with E-state index in [2.05, 4.69) is 55.4 Å². The molecule has 0 aliphatic heterocycles. The number of para-hydroxylation sites is 1. The second-order valence-corrected chi connectivity index (χ2v) is 6.20. The highest BCUT2D eigenvalue weighted by molar-refractivity contribution is 5.79. The van der Waals surface area contributed by atoms with E-state index in [1.165, 1.54) is 35.9 Å². The van der Waals surface area contributed by atoms with Crippen LogP contribution >= 0.6 is 0 Å². The van der Waals surface area contributed by atoms with Gasteiger partial charge in [-0.15, -0.1) is 0 Å². The van der Waals surface area contributed by atoms with Crippen molar-refractivity contribution in [3.63, 3.8) is 0 Å². The molecule has 2 rings (SSSR count). The van der Waals surface area contributed by atoms with E-state index in [0.29, 0.717) is 5.92 Å². The summed E-state index contributed by atoms with van der Waals surface area (Å²) in [5.41, 5.74) is 3.83. The van der Waals surface area contributed by atoms with Gasteiger partial charge in [0, 0.05) is 6.54 Å². The quantitative estimate of drug-likeness (QED) is 0.668. The zero-order chi connectivity index (χ0) is 13.8. The van der Waals surface area contributed by atoms with Crippen molar-refractivity contribution in [3.8, 4) is 0 Å². The van der Waals surface area contributed by atoms with Crippen molar-refractivity contribution in [1.29, 1.82) is 0 Å². The first kappa shape index (κ1) is 14.1. The lowest BCUT2D eigenvalue weighted by Crippen LogP contribution is -1.98. The van der Waals surface area contributed by atoms with Crippen molar-refractivity contribution in [2.45, 2.75) is 59.4 Å². The third-order valence-electron chi connectivity index (χ3n) is 3.73. The number of nitrogens with zero attached hydrogens (tertiary/aromatic N) is 2. The fourth-order valence-electron chi connectivity index (χ4n) is 2.59. The highest BCUT2D eigenvalue weighted by Gasteiger charge is 2.09. The largest absolute Gasteiger partial charge is 0.331 e. The molecular formula is C17H26N2. The van der Waals surface area contributed by atoms with Crippen LogP contribution < -0.4 is 0 Å². The van der Waals surface area contributed by atoms with Gasteiger partial charge in [-0.3, -0.25) is 0 Å². The molecule has 2 nitrogen and oxygen atoms in total. The first-order chi connectivity index (χ1) is 9.09. The first-order valence-electron chi connectivity index (χ1n) is 7.53. The molecule has 0 aliphatic carbocycles. The topological polar surface area (TPSA) is 17.8 Å². The Hall–Kier alpha value is -1.31. The Labute approximate surface area is 116 Å². The van der Waals surface area contributed by atoms with Gasteiger partial charge in [0.05, 0.1) is 17.4 Å². The number of imidazole rings is 1. The number of benzene rings is 1. The summed E-state index contributed by atoms with van der Waals surface area (Å²) in [5.74, 6) is 1.35. The van der Waals surface area contributed by atoms with Crippen molar-refractivity contribution >= 4 is 11.0 Å². The minimum Gasteiger partial charge on any atom is -0.331 e. The zero-order valence-electron chi connectivity index (χ0n) is 12.7. The number of rotatable bonds is 6. The molecular weight excluding hydrogens is 232 g/mol. The van der Waals surface area contributed by atoms with Gasteiger partial charge < -0.3 is 4.57 Å². The fourth-order valence-corrected chi connectivity index (χ4v) is 2.59. The van der Waals surface area contributed by atoms with Crippen LogP contribution in [-0.4, -0.2) is 9.55 Å². The van der Waals surface area contributed by atoms with Crippen molar-refractivity contribution in [2.24, 2.45) is 5.92 Å². The molecule has 1 heterocycles. The Morgan fingerprint density at radius 2 is 1.89 bits per heavy atom. The summed E-state index contributed by atoms with van der Waals surface area (Å²) in [7, 11) is 0. The van der Waals surface area contributed by atoms with Gasteiger partial charge in [-0.1, -0.05) is 52.7 Å². The summed E-state index contributed by atoms with van der Waals surface area (Å²) in [5, 5.41) is 0. The molecule has 0 aliphatic rings. The highest BCUT2D eigenvalue weighted by Crippen LogP contribution is 2.24. The predicted octanol–water partition coefficient (Wildman–Crippen LogP) is 4.99. The number of fused-ring (bicyclic) bond motifs is 1. The average molecular weight is 258 g/mol. The Balaban J connectivity index is 2.10. The van der Waals surface area contributed by atoms with Gasteiger partial charge in [-0.25, -0.2) is 4.98 Å². The average Bonchev–Trinajstić information content (AvgIpc) is 2.77. The molecule has 2 heteroatoms. The lowest BCUT2D eigenvalue weighted by Gasteiger charge is -2.08. The second kappa shape index (κ2) is 6.23. The molecule has 0 bridgehead atoms. The molecule has 1 aromatic heterocycles. The molecule has 104 valence electrons. The van der Waals surface area contributed by atoms with E-state index in [1.54, 1.807) is 0 Å². The summed E-state index contributed by atoms with van der Waals surface area (Å²) in [6, 6.07) is 6.55. The van der Waals surface area contributed by atoms with Crippen molar-refractivity contribution < 1.29 is 0 Å². The highest BCUT2D eigenvalue weighted by atomic mass is 15.0. The molecule has 1 aromatic carbocycles. The van der Waals surface area contributed by atoms with E-state index in [0.717, 1.165) is 12.5 Å². The van der Waals surface area contributed by atoms with Gasteiger partial charge in [0.15, 0.2) is 0 Å². The monoisotopic (exact) mass is 258 g/mol. The molecule has 19 heavy (non-hydrogen) atoms. The first-order valence-corrected chi connectivity index (χ1v) is 7.53. The second-order valence-electron chi connectivity index (χ2n) is 6.20. The molecule has 0 saturated carbocycles. The maximum Gasteiger partial charge on any atom is 0.0958 e. The van der Waals surface area contributed by atoms with Gasteiger partial charge in [0.1, 0.15) is 0 Å². The van der Waals surface area contributed by atoms with Crippen LogP contribution in [0.15, 0.2) is 24.5 Å². The van der Waals surface area contributed by atoms with E-state index in [-0.39, 0.29) is 0 Å². The van der Waals surface area contributed by atoms with Crippen LogP contribution in [0.25, 0.3) is 11.0 Å². The van der Waals surface area contributed by atoms with E-state index in [4.69, 9.17) is 0 Å². The predicted molar refractivity (Wildman–Crippen MR) is 82.5 cm³/mol. The maximum absolute atomic E-state index is 4.62.